The summed E-state index contributed by atoms with van der Waals surface area (Å²) in [4.78, 5) is 4.16. The number of nitrogens with zero attached hydrogens (tertiary/aromatic N) is 1. The molecule has 1 aliphatic carbocycles. The summed E-state index contributed by atoms with van der Waals surface area (Å²) in [6.07, 6.45) is 3.23. The largest absolute Gasteiger partial charge is 1.00 e. The van der Waals surface area contributed by atoms with E-state index < -0.39 is 6.98 Å². The molecule has 0 aliphatic heterocycles. The third kappa shape index (κ3) is 4.71. The van der Waals surface area contributed by atoms with Crippen molar-refractivity contribution in [2.75, 3.05) is 0 Å². The molecule has 16 heavy (non-hydrogen) atoms. The average molecular weight is 251 g/mol. The molecular formula is C10H10BF3KN. The number of pyridine rings is 1. The zero-order valence-electron chi connectivity index (χ0n) is 9.04. The van der Waals surface area contributed by atoms with Gasteiger partial charge in [-0.05, 0) is 25.0 Å². The molecule has 0 amide bonds. The van der Waals surface area contributed by atoms with E-state index in [-0.39, 0.29) is 57.4 Å². The first-order chi connectivity index (χ1) is 7.04. The maximum atomic E-state index is 12.0. The van der Waals surface area contributed by atoms with Crippen molar-refractivity contribution < 1.29 is 64.3 Å². The Labute approximate surface area is 135 Å². The molecule has 2 rings (SSSR count). The molecule has 1 aliphatic rings. The summed E-state index contributed by atoms with van der Waals surface area (Å²) in [6, 6.07) is 5.21. The van der Waals surface area contributed by atoms with Gasteiger partial charge >= 0.3 is 58.4 Å². The number of halogens is 3. The van der Waals surface area contributed by atoms with Crippen molar-refractivity contribution in [3.05, 3.63) is 35.6 Å². The van der Waals surface area contributed by atoms with Gasteiger partial charge < -0.3 is 12.9 Å². The van der Waals surface area contributed by atoms with E-state index in [9.17, 15) is 12.9 Å². The first kappa shape index (κ1) is 14.4. The van der Waals surface area contributed by atoms with Crippen molar-refractivity contribution in [3.63, 3.8) is 0 Å². The van der Waals surface area contributed by atoms with Crippen LogP contribution in [0.1, 0.15) is 30.1 Å². The molecule has 6 heteroatoms. The van der Waals surface area contributed by atoms with E-state index in [1.165, 1.54) is 0 Å². The molecule has 0 aromatic carbocycles. The summed E-state index contributed by atoms with van der Waals surface area (Å²) < 4.78 is 35.9. The van der Waals surface area contributed by atoms with E-state index >= 15 is 0 Å². The normalized spacial score (nSPS) is 16.2. The Hall–Kier alpha value is 0.381. The van der Waals surface area contributed by atoms with Crippen LogP contribution in [0.4, 0.5) is 12.9 Å². The minimum atomic E-state index is -4.86. The van der Waals surface area contributed by atoms with Crippen LogP contribution in [-0.4, -0.2) is 12.0 Å². The van der Waals surface area contributed by atoms with Crippen molar-refractivity contribution in [3.8, 4) is 0 Å². The van der Waals surface area contributed by atoms with Crippen LogP contribution >= 0.6 is 0 Å². The molecule has 0 atom stereocenters. The van der Waals surface area contributed by atoms with Crippen LogP contribution in [0.3, 0.4) is 0 Å². The summed E-state index contributed by atoms with van der Waals surface area (Å²) in [5, 5.41) is 0. The summed E-state index contributed by atoms with van der Waals surface area (Å²) in [5.74, 6) is 0.744. The second-order valence-corrected chi connectivity index (χ2v) is 3.75. The third-order valence-corrected chi connectivity index (χ3v) is 2.27. The number of hydrogen-bond donors (Lipinski definition) is 0. The predicted octanol–water partition coefficient (Wildman–Crippen LogP) is 0.363. The van der Waals surface area contributed by atoms with Crippen molar-refractivity contribution in [2.45, 2.75) is 18.8 Å². The van der Waals surface area contributed by atoms with Crippen LogP contribution in [0.2, 0.25) is 0 Å². The molecule has 1 heterocycles. The van der Waals surface area contributed by atoms with Gasteiger partial charge in [0.2, 0.25) is 0 Å². The zero-order chi connectivity index (χ0) is 10.9. The number of hydrogen-bond acceptors (Lipinski definition) is 1. The van der Waals surface area contributed by atoms with Gasteiger partial charge in [0.05, 0.1) is 5.69 Å². The predicted molar refractivity (Wildman–Crippen MR) is 54.3 cm³/mol. The summed E-state index contributed by atoms with van der Waals surface area (Å²) in [6.45, 7) is -4.86. The fraction of sp³-hybridized carbons (Fsp3) is 0.300. The van der Waals surface area contributed by atoms with Gasteiger partial charge in [0, 0.05) is 11.6 Å². The maximum absolute atomic E-state index is 12.0. The van der Waals surface area contributed by atoms with Crippen LogP contribution in [0.5, 0.6) is 0 Å². The van der Waals surface area contributed by atoms with Gasteiger partial charge in [0.1, 0.15) is 0 Å². The van der Waals surface area contributed by atoms with Crippen LogP contribution in [0.15, 0.2) is 24.2 Å². The average Bonchev–Trinajstić information content (AvgIpc) is 2.97. The monoisotopic (exact) mass is 251 g/mol. The molecule has 1 saturated carbocycles. The van der Waals surface area contributed by atoms with Crippen molar-refractivity contribution >= 4 is 13.1 Å². The molecule has 0 unspecified atom stereocenters. The quantitative estimate of drug-likeness (QED) is 0.707. The Balaban J connectivity index is 0.00000128. The Bertz CT molecular complexity index is 388. The molecular weight excluding hydrogens is 241 g/mol. The molecule has 0 radical (unpaired) electrons. The van der Waals surface area contributed by atoms with Gasteiger partial charge in [-0.3, -0.25) is 4.98 Å². The maximum Gasteiger partial charge on any atom is 1.00 e. The topological polar surface area (TPSA) is 12.9 Å². The summed E-state index contributed by atoms with van der Waals surface area (Å²) >= 11 is 0. The molecule has 1 aromatic rings. The van der Waals surface area contributed by atoms with Crippen molar-refractivity contribution in [1.82, 2.24) is 4.98 Å². The van der Waals surface area contributed by atoms with E-state index in [1.807, 2.05) is 6.07 Å². The van der Waals surface area contributed by atoms with E-state index in [0.717, 1.165) is 24.6 Å². The first-order valence-electron chi connectivity index (χ1n) is 4.91. The second kappa shape index (κ2) is 5.82. The Morgan fingerprint density at radius 1 is 1.25 bits per heavy atom. The van der Waals surface area contributed by atoms with Gasteiger partial charge in [-0.1, -0.05) is 12.1 Å². The molecule has 0 N–H and O–H groups in total. The van der Waals surface area contributed by atoms with Crippen molar-refractivity contribution in [2.24, 2.45) is 0 Å². The van der Waals surface area contributed by atoms with E-state index in [2.05, 4.69) is 4.98 Å². The molecule has 1 nitrogen and oxygen atoms in total. The van der Waals surface area contributed by atoms with Gasteiger partial charge in [-0.15, -0.1) is 5.98 Å². The van der Waals surface area contributed by atoms with Crippen LogP contribution in [0, 0.1) is 0 Å². The van der Waals surface area contributed by atoms with E-state index in [1.54, 1.807) is 12.1 Å². The zero-order valence-corrected chi connectivity index (χ0v) is 12.2. The van der Waals surface area contributed by atoms with Crippen molar-refractivity contribution in [1.29, 1.82) is 0 Å². The standard InChI is InChI=1S/C10H10BF3N.K/c12-11(13,14)7-6-9-2-1-3-10(15-9)8-4-5-8;/h1-3,6-8H,4-5H2;/q-1;+1/b7-6+;. The van der Waals surface area contributed by atoms with Gasteiger partial charge in [0.15, 0.2) is 0 Å². The molecule has 0 spiro atoms. The van der Waals surface area contributed by atoms with E-state index in [4.69, 9.17) is 0 Å². The van der Waals surface area contributed by atoms with Gasteiger partial charge in [0.25, 0.3) is 0 Å². The van der Waals surface area contributed by atoms with Gasteiger partial charge in [-0.25, -0.2) is 0 Å². The molecule has 0 saturated heterocycles. The van der Waals surface area contributed by atoms with Crippen LogP contribution in [-0.2, 0) is 0 Å². The summed E-state index contributed by atoms with van der Waals surface area (Å²) in [5.41, 5.74) is 1.30. The van der Waals surface area contributed by atoms with Gasteiger partial charge in [-0.2, -0.15) is 0 Å². The third-order valence-electron chi connectivity index (χ3n) is 2.27. The SMILES string of the molecule is F[B-](F)(F)/C=C/c1cccc(C2CC2)n1.[K+]. The van der Waals surface area contributed by atoms with Crippen LogP contribution < -0.4 is 51.4 Å². The number of rotatable bonds is 3. The second-order valence-electron chi connectivity index (χ2n) is 3.75. The number of aromatic nitrogens is 1. The fourth-order valence-corrected chi connectivity index (χ4v) is 1.38. The molecule has 0 bridgehead atoms. The fourth-order valence-electron chi connectivity index (χ4n) is 1.38. The minimum Gasteiger partial charge on any atom is -0.445 e. The Kier molecular flexibility index (Phi) is 5.25. The first-order valence-corrected chi connectivity index (χ1v) is 4.91. The Morgan fingerprint density at radius 2 is 1.94 bits per heavy atom. The van der Waals surface area contributed by atoms with Crippen LogP contribution in [0.25, 0.3) is 6.08 Å². The smallest absolute Gasteiger partial charge is 0.445 e. The molecule has 80 valence electrons. The van der Waals surface area contributed by atoms with E-state index in [0.29, 0.717) is 11.6 Å². The Morgan fingerprint density at radius 3 is 2.50 bits per heavy atom. The minimum absolute atomic E-state index is 0. The molecule has 1 aromatic heterocycles. The molecule has 1 fully saturated rings. The summed E-state index contributed by atoms with van der Waals surface area (Å²) in [7, 11) is 0.